The van der Waals surface area contributed by atoms with Gasteiger partial charge in [-0.15, -0.1) is 0 Å². The molecule has 0 spiro atoms. The Morgan fingerprint density at radius 3 is 2.00 bits per heavy atom. The van der Waals surface area contributed by atoms with Crippen LogP contribution in [0, 0.1) is 0 Å². The maximum Gasteiger partial charge on any atom is 0.416 e. The van der Waals surface area contributed by atoms with E-state index in [1.54, 1.807) is 38.1 Å². The van der Waals surface area contributed by atoms with Crippen LogP contribution in [0.15, 0.2) is 48.5 Å². The number of ether oxygens (including phenoxy) is 1. The van der Waals surface area contributed by atoms with Crippen LogP contribution in [-0.2, 0) is 6.18 Å². The topological polar surface area (TPSA) is 75.8 Å². The minimum atomic E-state index is -4.37. The highest BCUT2D eigenvalue weighted by atomic mass is 19.4. The second kappa shape index (κ2) is 7.65. The van der Waals surface area contributed by atoms with Crippen molar-refractivity contribution in [2.75, 3.05) is 0 Å². The van der Waals surface area contributed by atoms with Crippen molar-refractivity contribution in [2.45, 2.75) is 32.2 Å². The number of rotatable bonds is 5. The molecule has 5 nitrogen and oxygen atoms in total. The van der Waals surface area contributed by atoms with Gasteiger partial charge in [-0.3, -0.25) is 5.21 Å². The van der Waals surface area contributed by atoms with Crippen LogP contribution >= 0.6 is 0 Å². The van der Waals surface area contributed by atoms with Gasteiger partial charge in [-0.25, -0.2) is 4.79 Å². The third-order valence-electron chi connectivity index (χ3n) is 3.98. The molecule has 2 rings (SSSR count). The monoisotopic (exact) mass is 368 g/mol. The second-order valence-electron chi connectivity index (χ2n) is 5.81. The van der Waals surface area contributed by atoms with E-state index in [-0.39, 0.29) is 0 Å². The Morgan fingerprint density at radius 2 is 1.54 bits per heavy atom. The van der Waals surface area contributed by atoms with Gasteiger partial charge in [-0.2, -0.15) is 18.2 Å². The number of amides is 2. The van der Waals surface area contributed by atoms with Gasteiger partial charge >= 0.3 is 12.2 Å². The summed E-state index contributed by atoms with van der Waals surface area (Å²) < 4.78 is 43.5. The van der Waals surface area contributed by atoms with Crippen LogP contribution in [0.25, 0.3) is 0 Å². The van der Waals surface area contributed by atoms with Crippen LogP contribution in [-0.4, -0.2) is 16.3 Å². The number of carbonyl (C=O) groups excluding carboxylic acids is 1. The average molecular weight is 368 g/mol. The van der Waals surface area contributed by atoms with Crippen molar-refractivity contribution in [1.82, 2.24) is 5.06 Å². The van der Waals surface area contributed by atoms with E-state index in [0.717, 1.165) is 12.1 Å². The highest BCUT2D eigenvalue weighted by Crippen LogP contribution is 2.31. The first-order valence-electron chi connectivity index (χ1n) is 7.81. The number of hydroxylamine groups is 2. The lowest BCUT2D eigenvalue weighted by Crippen LogP contribution is -2.34. The molecule has 0 bridgehead atoms. The highest BCUT2D eigenvalue weighted by Gasteiger charge is 2.30. The minimum Gasteiger partial charge on any atom is -0.486 e. The summed E-state index contributed by atoms with van der Waals surface area (Å²) in [6.07, 6.45) is -4.83. The number of carbonyl (C=O) groups is 1. The van der Waals surface area contributed by atoms with Gasteiger partial charge in [0, 0.05) is 0 Å². The smallest absolute Gasteiger partial charge is 0.416 e. The number of hydrogen-bond donors (Lipinski definition) is 2. The first kappa shape index (κ1) is 19.6. The Morgan fingerprint density at radius 1 is 1.04 bits per heavy atom. The standard InChI is InChI=1S/C18H19F3N2O3/c1-11(23(25)17(22)24)13-5-9-16(10-6-13)26-12(2)14-3-7-15(8-4-14)18(19,20)21/h3-12,25H,1-2H3,(H2,22,24). The van der Waals surface area contributed by atoms with E-state index in [1.807, 2.05) is 0 Å². The quantitative estimate of drug-likeness (QED) is 0.594. The van der Waals surface area contributed by atoms with E-state index in [2.05, 4.69) is 0 Å². The zero-order valence-corrected chi connectivity index (χ0v) is 14.2. The number of hydrogen-bond acceptors (Lipinski definition) is 3. The van der Waals surface area contributed by atoms with Crippen LogP contribution in [0.2, 0.25) is 0 Å². The third kappa shape index (κ3) is 4.66. The summed E-state index contributed by atoms with van der Waals surface area (Å²) in [6.45, 7) is 3.33. The van der Waals surface area contributed by atoms with Gasteiger partial charge in [-0.05, 0) is 49.2 Å². The van der Waals surface area contributed by atoms with Crippen LogP contribution < -0.4 is 10.5 Å². The lowest BCUT2D eigenvalue weighted by molar-refractivity contribution is -0.137. The molecule has 0 heterocycles. The Balaban J connectivity index is 2.05. The fourth-order valence-electron chi connectivity index (χ4n) is 2.37. The lowest BCUT2D eigenvalue weighted by Gasteiger charge is -2.21. The minimum absolute atomic E-state index is 0.417. The molecule has 0 saturated heterocycles. The molecule has 2 atom stereocenters. The second-order valence-corrected chi connectivity index (χ2v) is 5.81. The molecule has 26 heavy (non-hydrogen) atoms. The number of primary amides is 1. The number of alkyl halides is 3. The van der Waals surface area contributed by atoms with E-state index in [9.17, 15) is 23.2 Å². The first-order valence-corrected chi connectivity index (χ1v) is 7.81. The van der Waals surface area contributed by atoms with Gasteiger partial charge in [0.2, 0.25) is 0 Å². The molecule has 0 saturated carbocycles. The maximum atomic E-state index is 12.6. The SMILES string of the molecule is CC(Oc1ccc(C(C)N(O)C(N)=O)cc1)c1ccc(C(F)(F)F)cc1. The molecule has 2 aromatic rings. The van der Waals surface area contributed by atoms with Crippen LogP contribution in [0.5, 0.6) is 5.75 Å². The summed E-state index contributed by atoms with van der Waals surface area (Å²) in [7, 11) is 0. The van der Waals surface area contributed by atoms with E-state index in [4.69, 9.17) is 10.5 Å². The summed E-state index contributed by atoms with van der Waals surface area (Å²) in [5, 5.41) is 9.96. The van der Waals surface area contributed by atoms with Gasteiger partial charge in [0.05, 0.1) is 11.6 Å². The molecule has 0 aromatic heterocycles. The van der Waals surface area contributed by atoms with E-state index >= 15 is 0 Å². The van der Waals surface area contributed by atoms with Gasteiger partial charge < -0.3 is 10.5 Å². The molecule has 0 fully saturated rings. The molecule has 0 aliphatic heterocycles. The summed E-state index contributed by atoms with van der Waals surface area (Å²) in [4.78, 5) is 11.0. The van der Waals surface area contributed by atoms with Crippen molar-refractivity contribution in [1.29, 1.82) is 0 Å². The van der Waals surface area contributed by atoms with Gasteiger partial charge in [0.15, 0.2) is 0 Å². The van der Waals surface area contributed by atoms with Crippen LogP contribution in [0.4, 0.5) is 18.0 Å². The van der Waals surface area contributed by atoms with E-state index in [0.29, 0.717) is 21.9 Å². The largest absolute Gasteiger partial charge is 0.486 e. The molecule has 0 radical (unpaired) electrons. The molecule has 3 N–H and O–H groups in total. The predicted molar refractivity (Wildman–Crippen MR) is 88.6 cm³/mol. The average Bonchev–Trinajstić information content (AvgIpc) is 2.60. The first-order chi connectivity index (χ1) is 12.1. The zero-order chi connectivity index (χ0) is 19.5. The van der Waals surface area contributed by atoms with Crippen molar-refractivity contribution in [3.8, 4) is 5.75 Å². The number of nitrogens with zero attached hydrogens (tertiary/aromatic N) is 1. The van der Waals surface area contributed by atoms with Crippen molar-refractivity contribution in [3.05, 3.63) is 65.2 Å². The fourth-order valence-corrected chi connectivity index (χ4v) is 2.37. The molecule has 2 aromatic carbocycles. The van der Waals surface area contributed by atoms with Crippen molar-refractivity contribution >= 4 is 6.03 Å². The Kier molecular flexibility index (Phi) is 5.76. The van der Waals surface area contributed by atoms with E-state index in [1.165, 1.54) is 12.1 Å². The summed E-state index contributed by atoms with van der Waals surface area (Å²) >= 11 is 0. The number of urea groups is 1. The molecular weight excluding hydrogens is 349 g/mol. The van der Waals surface area contributed by atoms with E-state index < -0.39 is 29.9 Å². The van der Waals surface area contributed by atoms with Crippen molar-refractivity contribution in [3.63, 3.8) is 0 Å². The molecule has 0 aliphatic rings. The molecule has 2 unspecified atom stereocenters. The Labute approximate surface area is 148 Å². The van der Waals surface area contributed by atoms with Gasteiger partial charge in [0.25, 0.3) is 0 Å². The predicted octanol–water partition coefficient (Wildman–Crippen LogP) is 4.68. The van der Waals surface area contributed by atoms with Crippen LogP contribution in [0.3, 0.4) is 0 Å². The summed E-state index contributed by atoms with van der Waals surface area (Å²) in [5.41, 5.74) is 5.54. The normalized spacial score (nSPS) is 13.8. The maximum absolute atomic E-state index is 12.6. The summed E-state index contributed by atoms with van der Waals surface area (Å²) in [5.74, 6) is 0.497. The zero-order valence-electron chi connectivity index (χ0n) is 14.2. The van der Waals surface area contributed by atoms with Crippen molar-refractivity contribution in [2.24, 2.45) is 5.73 Å². The molecule has 0 aliphatic carbocycles. The molecule has 2 amide bonds. The van der Waals surface area contributed by atoms with Crippen LogP contribution in [0.1, 0.15) is 42.7 Å². The molecular formula is C18H19F3N2O3. The third-order valence-corrected chi connectivity index (χ3v) is 3.98. The molecule has 8 heteroatoms. The number of nitrogens with two attached hydrogens (primary N) is 1. The summed E-state index contributed by atoms with van der Waals surface area (Å²) in [6, 6.07) is 9.78. The number of halogens is 3. The Hall–Kier alpha value is -2.74. The highest BCUT2D eigenvalue weighted by molar-refractivity contribution is 5.71. The van der Waals surface area contributed by atoms with Gasteiger partial charge in [0.1, 0.15) is 11.9 Å². The van der Waals surface area contributed by atoms with Crippen molar-refractivity contribution < 1.29 is 27.9 Å². The fraction of sp³-hybridized carbons (Fsp3) is 0.278. The van der Waals surface area contributed by atoms with Gasteiger partial charge in [-0.1, -0.05) is 24.3 Å². The number of benzene rings is 2. The molecule has 140 valence electrons. The Bertz CT molecular complexity index is 746. The lowest BCUT2D eigenvalue weighted by atomic mass is 10.1.